The topological polar surface area (TPSA) is 55.1 Å². The first-order valence-electron chi connectivity index (χ1n) is 6.90. The molecule has 0 amide bonds. The molecule has 108 valence electrons. The van der Waals surface area contributed by atoms with Crippen LogP contribution in [-0.4, -0.2) is 26.4 Å². The molecule has 1 heterocycles. The Morgan fingerprint density at radius 1 is 1.40 bits per heavy atom. The monoisotopic (exact) mass is 292 g/mol. The Balaban J connectivity index is 2.57. The van der Waals surface area contributed by atoms with Crippen LogP contribution in [0.5, 0.6) is 0 Å². The van der Waals surface area contributed by atoms with E-state index in [0.29, 0.717) is 6.04 Å². The molecule has 4 nitrogen and oxygen atoms in total. The number of aromatic nitrogens is 2. The number of nitrogens with zero attached hydrogens (tertiary/aromatic N) is 2. The lowest BCUT2D eigenvalue weighted by molar-refractivity contribution is -0.133. The predicted octanol–water partition coefficient (Wildman–Crippen LogP) is 3.88. The smallest absolute Gasteiger partial charge is 0.313 e. The zero-order chi connectivity index (χ0) is 14.7. The largest absolute Gasteiger partial charge is 0.481 e. The molecule has 0 saturated heterocycles. The summed E-state index contributed by atoms with van der Waals surface area (Å²) >= 11 is 1.30. The summed E-state index contributed by atoms with van der Waals surface area (Å²) in [5.74, 6) is -0.766. The van der Waals surface area contributed by atoms with E-state index < -0.39 is 5.97 Å². The van der Waals surface area contributed by atoms with Gasteiger partial charge in [-0.2, -0.15) is 0 Å². The molecule has 0 fully saturated rings. The van der Waals surface area contributed by atoms with Crippen molar-refractivity contribution in [2.45, 2.75) is 44.8 Å². The van der Waals surface area contributed by atoms with Crippen molar-refractivity contribution in [3.8, 4) is 0 Å². The molecule has 2 rings (SSSR count). The number of imidazole rings is 1. The van der Waals surface area contributed by atoms with Gasteiger partial charge in [-0.1, -0.05) is 37.7 Å². The molecule has 0 aliphatic carbocycles. The number of thioether (sulfide) groups is 1. The van der Waals surface area contributed by atoms with Gasteiger partial charge in [0.05, 0.1) is 16.8 Å². The molecule has 0 bridgehead atoms. The van der Waals surface area contributed by atoms with Crippen molar-refractivity contribution in [1.29, 1.82) is 0 Å². The number of carboxylic acids is 1. The molecule has 5 heteroatoms. The van der Waals surface area contributed by atoms with Gasteiger partial charge in [0.2, 0.25) is 0 Å². The highest BCUT2D eigenvalue weighted by molar-refractivity contribution is 7.99. The Bertz CT molecular complexity index is 618. The molecule has 0 radical (unpaired) electrons. The maximum absolute atomic E-state index is 10.8. The van der Waals surface area contributed by atoms with Crippen LogP contribution in [0.2, 0.25) is 0 Å². The third-order valence-electron chi connectivity index (χ3n) is 3.51. The summed E-state index contributed by atoms with van der Waals surface area (Å²) in [7, 11) is 0. The molecule has 1 aromatic carbocycles. The summed E-state index contributed by atoms with van der Waals surface area (Å²) in [6.07, 6.45) is 2.02. The van der Waals surface area contributed by atoms with E-state index in [1.54, 1.807) is 0 Å². The van der Waals surface area contributed by atoms with Crippen LogP contribution in [0.3, 0.4) is 0 Å². The molecule has 0 aliphatic heterocycles. The fraction of sp³-hybridized carbons (Fsp3) is 0.467. The standard InChI is InChI=1S/C15H20N2O2S/c1-4-11(5-2)17-14-10(3)7-6-8-12(14)16-15(17)20-9-13(18)19/h6-8,11H,4-5,9H2,1-3H3,(H,18,19). The van der Waals surface area contributed by atoms with E-state index in [1.165, 1.54) is 17.3 Å². The first-order valence-corrected chi connectivity index (χ1v) is 7.89. The Labute approximate surface area is 123 Å². The van der Waals surface area contributed by atoms with E-state index in [9.17, 15) is 4.79 Å². The van der Waals surface area contributed by atoms with Gasteiger partial charge < -0.3 is 9.67 Å². The van der Waals surface area contributed by atoms with Crippen molar-refractivity contribution in [3.05, 3.63) is 23.8 Å². The molecule has 1 N–H and O–H groups in total. The number of para-hydroxylation sites is 1. The maximum Gasteiger partial charge on any atom is 0.313 e. The summed E-state index contributed by atoms with van der Waals surface area (Å²) in [6, 6.07) is 6.42. The van der Waals surface area contributed by atoms with Gasteiger partial charge in [0.1, 0.15) is 0 Å². The Hall–Kier alpha value is -1.49. The average molecular weight is 292 g/mol. The number of fused-ring (bicyclic) bond motifs is 1. The Kier molecular flexibility index (Phi) is 4.70. The van der Waals surface area contributed by atoms with Gasteiger partial charge in [-0.15, -0.1) is 0 Å². The fourth-order valence-corrected chi connectivity index (χ4v) is 3.32. The zero-order valence-corrected chi connectivity index (χ0v) is 12.9. The second-order valence-corrected chi connectivity index (χ2v) is 5.80. The number of hydrogen-bond donors (Lipinski definition) is 1. The van der Waals surface area contributed by atoms with E-state index in [2.05, 4.69) is 36.4 Å². The van der Waals surface area contributed by atoms with Crippen LogP contribution < -0.4 is 0 Å². The number of carbonyl (C=O) groups is 1. The molecule has 0 saturated carbocycles. The van der Waals surface area contributed by atoms with Crippen LogP contribution in [0.1, 0.15) is 38.3 Å². The number of carboxylic acid groups (broad SMARTS) is 1. The lowest BCUT2D eigenvalue weighted by Gasteiger charge is -2.19. The van der Waals surface area contributed by atoms with E-state index in [-0.39, 0.29) is 5.75 Å². The Morgan fingerprint density at radius 3 is 2.70 bits per heavy atom. The van der Waals surface area contributed by atoms with Crippen molar-refractivity contribution in [3.63, 3.8) is 0 Å². The van der Waals surface area contributed by atoms with Gasteiger partial charge in [-0.05, 0) is 31.4 Å². The van der Waals surface area contributed by atoms with Crippen LogP contribution in [0.4, 0.5) is 0 Å². The molecular formula is C15H20N2O2S. The number of rotatable bonds is 6. The molecule has 0 unspecified atom stereocenters. The van der Waals surface area contributed by atoms with Crippen molar-refractivity contribution >= 4 is 28.8 Å². The molecule has 0 atom stereocenters. The molecule has 20 heavy (non-hydrogen) atoms. The van der Waals surface area contributed by atoms with E-state index in [0.717, 1.165) is 29.0 Å². The second-order valence-electron chi connectivity index (χ2n) is 4.86. The van der Waals surface area contributed by atoms with Crippen molar-refractivity contribution < 1.29 is 9.90 Å². The predicted molar refractivity (Wildman–Crippen MR) is 82.4 cm³/mol. The minimum atomic E-state index is -0.810. The van der Waals surface area contributed by atoms with Gasteiger partial charge in [-0.25, -0.2) is 4.98 Å². The van der Waals surface area contributed by atoms with E-state index in [1.807, 2.05) is 12.1 Å². The maximum atomic E-state index is 10.8. The van der Waals surface area contributed by atoms with Crippen LogP contribution >= 0.6 is 11.8 Å². The van der Waals surface area contributed by atoms with Gasteiger partial charge in [0, 0.05) is 6.04 Å². The Morgan fingerprint density at radius 2 is 2.10 bits per heavy atom. The first kappa shape index (κ1) is 14.9. The van der Waals surface area contributed by atoms with Crippen LogP contribution in [0.15, 0.2) is 23.4 Å². The average Bonchev–Trinajstić information content (AvgIpc) is 2.78. The molecule has 0 spiro atoms. The van der Waals surface area contributed by atoms with Crippen molar-refractivity contribution in [2.75, 3.05) is 5.75 Å². The fourth-order valence-electron chi connectivity index (χ4n) is 2.52. The highest BCUT2D eigenvalue weighted by atomic mass is 32.2. The summed E-state index contributed by atoms with van der Waals surface area (Å²) < 4.78 is 2.22. The summed E-state index contributed by atoms with van der Waals surface area (Å²) in [5, 5.41) is 9.70. The molecule has 0 aliphatic rings. The third kappa shape index (κ3) is 2.82. The van der Waals surface area contributed by atoms with Crippen molar-refractivity contribution in [2.24, 2.45) is 0 Å². The van der Waals surface area contributed by atoms with Crippen LogP contribution in [-0.2, 0) is 4.79 Å². The number of hydrogen-bond acceptors (Lipinski definition) is 3. The van der Waals surface area contributed by atoms with Crippen molar-refractivity contribution in [1.82, 2.24) is 9.55 Å². The van der Waals surface area contributed by atoms with E-state index in [4.69, 9.17) is 5.11 Å². The SMILES string of the molecule is CCC(CC)n1c(SCC(=O)O)nc2cccc(C)c21. The number of benzene rings is 1. The van der Waals surface area contributed by atoms with Gasteiger partial charge in [0.15, 0.2) is 5.16 Å². The molecular weight excluding hydrogens is 272 g/mol. The van der Waals surface area contributed by atoms with Crippen LogP contribution in [0.25, 0.3) is 11.0 Å². The van der Waals surface area contributed by atoms with E-state index >= 15 is 0 Å². The van der Waals surface area contributed by atoms with Gasteiger partial charge >= 0.3 is 5.97 Å². The highest BCUT2D eigenvalue weighted by Crippen LogP contribution is 2.32. The molecule has 2 aromatic rings. The number of aryl methyl sites for hydroxylation is 1. The third-order valence-corrected chi connectivity index (χ3v) is 4.45. The summed E-state index contributed by atoms with van der Waals surface area (Å²) in [5.41, 5.74) is 3.27. The summed E-state index contributed by atoms with van der Waals surface area (Å²) in [6.45, 7) is 6.39. The lowest BCUT2D eigenvalue weighted by atomic mass is 10.1. The minimum Gasteiger partial charge on any atom is -0.481 e. The first-order chi connectivity index (χ1) is 9.58. The normalized spacial score (nSPS) is 11.4. The van der Waals surface area contributed by atoms with Gasteiger partial charge in [-0.3, -0.25) is 4.79 Å². The zero-order valence-electron chi connectivity index (χ0n) is 12.1. The number of aliphatic carboxylic acids is 1. The molecule has 1 aromatic heterocycles. The second kappa shape index (κ2) is 6.31. The van der Waals surface area contributed by atoms with Gasteiger partial charge in [0.25, 0.3) is 0 Å². The van der Waals surface area contributed by atoms with Crippen LogP contribution in [0, 0.1) is 6.92 Å². The minimum absolute atomic E-state index is 0.0442. The quantitative estimate of drug-likeness (QED) is 0.821. The summed E-state index contributed by atoms with van der Waals surface area (Å²) in [4.78, 5) is 15.4. The lowest BCUT2D eigenvalue weighted by Crippen LogP contribution is -2.10. The highest BCUT2D eigenvalue weighted by Gasteiger charge is 2.19.